The highest BCUT2D eigenvalue weighted by Crippen LogP contribution is 2.38. The monoisotopic (exact) mass is 292 g/mol. The van der Waals surface area contributed by atoms with Crippen LogP contribution in [0.5, 0.6) is 0 Å². The topological polar surface area (TPSA) is 28.4 Å². The van der Waals surface area contributed by atoms with Crippen molar-refractivity contribution >= 4 is 0 Å². The van der Waals surface area contributed by atoms with Crippen LogP contribution in [0.1, 0.15) is 64.2 Å². The van der Waals surface area contributed by atoms with Gasteiger partial charge in [0.05, 0.1) is 12.8 Å². The first-order valence-electron chi connectivity index (χ1n) is 8.71. The molecule has 1 aromatic rings. The Labute approximate surface area is 130 Å². The van der Waals surface area contributed by atoms with E-state index in [1.807, 2.05) is 6.26 Å². The van der Waals surface area contributed by atoms with E-state index < -0.39 is 0 Å². The van der Waals surface area contributed by atoms with Crippen LogP contribution in [0.2, 0.25) is 0 Å². The minimum absolute atomic E-state index is 0.602. The summed E-state index contributed by atoms with van der Waals surface area (Å²) in [6, 6.07) is 2.12. The third-order valence-electron chi connectivity index (χ3n) is 5.36. The first-order valence-corrected chi connectivity index (χ1v) is 8.71. The SMILES string of the molecule is CCCNCc1ccoc1CN1CCC(CC)(CC)CC1. The van der Waals surface area contributed by atoms with Gasteiger partial charge in [-0.2, -0.15) is 0 Å². The van der Waals surface area contributed by atoms with E-state index in [-0.39, 0.29) is 0 Å². The highest BCUT2D eigenvalue weighted by Gasteiger charge is 2.31. The van der Waals surface area contributed by atoms with Gasteiger partial charge in [0, 0.05) is 12.1 Å². The molecule has 0 bridgehead atoms. The van der Waals surface area contributed by atoms with Crippen LogP contribution in [-0.2, 0) is 13.1 Å². The van der Waals surface area contributed by atoms with Gasteiger partial charge in [0.1, 0.15) is 5.76 Å². The number of hydrogen-bond donors (Lipinski definition) is 1. The van der Waals surface area contributed by atoms with Gasteiger partial charge >= 0.3 is 0 Å². The van der Waals surface area contributed by atoms with Crippen molar-refractivity contribution in [1.29, 1.82) is 0 Å². The zero-order valence-corrected chi connectivity index (χ0v) is 14.1. The molecule has 0 unspecified atom stereocenters. The van der Waals surface area contributed by atoms with Crippen LogP contribution >= 0.6 is 0 Å². The smallest absolute Gasteiger partial charge is 0.122 e. The summed E-state index contributed by atoms with van der Waals surface area (Å²) in [6.45, 7) is 12.3. The number of piperidine rings is 1. The van der Waals surface area contributed by atoms with Crippen LogP contribution in [0.3, 0.4) is 0 Å². The average molecular weight is 292 g/mol. The zero-order chi connectivity index (χ0) is 15.1. The fraction of sp³-hybridized carbons (Fsp3) is 0.778. The van der Waals surface area contributed by atoms with Crippen molar-refractivity contribution < 1.29 is 4.42 Å². The molecule has 1 saturated heterocycles. The van der Waals surface area contributed by atoms with Crippen LogP contribution < -0.4 is 5.32 Å². The fourth-order valence-corrected chi connectivity index (χ4v) is 3.41. The van der Waals surface area contributed by atoms with Crippen LogP contribution in [0.15, 0.2) is 16.7 Å². The molecule has 3 nitrogen and oxygen atoms in total. The van der Waals surface area contributed by atoms with Crippen molar-refractivity contribution in [3.63, 3.8) is 0 Å². The lowest BCUT2D eigenvalue weighted by molar-refractivity contribution is 0.0860. The molecule has 0 atom stereocenters. The summed E-state index contributed by atoms with van der Waals surface area (Å²) in [5.74, 6) is 1.15. The van der Waals surface area contributed by atoms with Gasteiger partial charge in [0.25, 0.3) is 0 Å². The highest BCUT2D eigenvalue weighted by molar-refractivity contribution is 5.17. The summed E-state index contributed by atoms with van der Waals surface area (Å²) in [6.07, 6.45) is 8.34. The Hall–Kier alpha value is -0.800. The third kappa shape index (κ3) is 4.33. The quantitative estimate of drug-likeness (QED) is 0.729. The highest BCUT2D eigenvalue weighted by atomic mass is 16.3. The molecule has 1 fully saturated rings. The van der Waals surface area contributed by atoms with E-state index in [1.165, 1.54) is 50.8 Å². The van der Waals surface area contributed by atoms with Crippen LogP contribution in [0, 0.1) is 5.41 Å². The second-order valence-electron chi connectivity index (χ2n) is 6.53. The maximum atomic E-state index is 5.72. The van der Waals surface area contributed by atoms with Crippen LogP contribution in [0.25, 0.3) is 0 Å². The number of nitrogens with one attached hydrogen (secondary N) is 1. The standard InChI is InChI=1S/C18H32N2O/c1-4-10-19-14-16-7-13-21-17(16)15-20-11-8-18(5-2,6-3)9-12-20/h7,13,19H,4-6,8-12,14-15H2,1-3H3. The lowest BCUT2D eigenvalue weighted by atomic mass is 9.74. The average Bonchev–Trinajstić information content (AvgIpc) is 2.96. The molecule has 3 heteroatoms. The van der Waals surface area contributed by atoms with Crippen LogP contribution in [-0.4, -0.2) is 24.5 Å². The normalized spacial score (nSPS) is 19.0. The van der Waals surface area contributed by atoms with E-state index in [0.29, 0.717) is 5.41 Å². The largest absolute Gasteiger partial charge is 0.468 e. The van der Waals surface area contributed by atoms with Crippen molar-refractivity contribution in [1.82, 2.24) is 10.2 Å². The summed E-state index contributed by atoms with van der Waals surface area (Å²) in [5.41, 5.74) is 1.93. The number of furan rings is 1. The summed E-state index contributed by atoms with van der Waals surface area (Å²) < 4.78 is 5.72. The number of likely N-dealkylation sites (tertiary alicyclic amines) is 1. The van der Waals surface area contributed by atoms with Crippen molar-refractivity contribution in [2.75, 3.05) is 19.6 Å². The molecule has 1 aromatic heterocycles. The number of hydrogen-bond acceptors (Lipinski definition) is 3. The van der Waals surface area contributed by atoms with Crippen LogP contribution in [0.4, 0.5) is 0 Å². The molecule has 1 aliphatic heterocycles. The van der Waals surface area contributed by atoms with E-state index in [0.717, 1.165) is 25.4 Å². The van der Waals surface area contributed by atoms with E-state index in [2.05, 4.69) is 37.1 Å². The van der Waals surface area contributed by atoms with Gasteiger partial charge in [0.2, 0.25) is 0 Å². The van der Waals surface area contributed by atoms with E-state index in [1.54, 1.807) is 0 Å². The third-order valence-corrected chi connectivity index (χ3v) is 5.36. The molecular weight excluding hydrogens is 260 g/mol. The first kappa shape index (κ1) is 16.6. The Morgan fingerprint density at radius 1 is 1.19 bits per heavy atom. The molecule has 0 aliphatic carbocycles. The minimum atomic E-state index is 0.602. The molecule has 1 aliphatic rings. The Morgan fingerprint density at radius 3 is 2.52 bits per heavy atom. The summed E-state index contributed by atoms with van der Waals surface area (Å²) in [4.78, 5) is 2.56. The van der Waals surface area contributed by atoms with Gasteiger partial charge in [0.15, 0.2) is 0 Å². The maximum absolute atomic E-state index is 5.72. The molecular formula is C18H32N2O. The van der Waals surface area contributed by atoms with Crippen molar-refractivity contribution in [2.24, 2.45) is 5.41 Å². The Kier molecular flexibility index (Phi) is 6.31. The molecule has 0 aromatic carbocycles. The first-order chi connectivity index (χ1) is 10.2. The second-order valence-corrected chi connectivity index (χ2v) is 6.53. The summed E-state index contributed by atoms with van der Waals surface area (Å²) in [5, 5.41) is 3.47. The number of nitrogens with zero attached hydrogens (tertiary/aromatic N) is 1. The van der Waals surface area contributed by atoms with E-state index in [4.69, 9.17) is 4.42 Å². The molecule has 2 heterocycles. The van der Waals surface area contributed by atoms with Crippen molar-refractivity contribution in [3.05, 3.63) is 23.7 Å². The lowest BCUT2D eigenvalue weighted by Crippen LogP contribution is -2.39. The van der Waals surface area contributed by atoms with Gasteiger partial charge < -0.3 is 9.73 Å². The minimum Gasteiger partial charge on any atom is -0.468 e. The molecule has 0 spiro atoms. The Balaban J connectivity index is 1.85. The predicted molar refractivity (Wildman–Crippen MR) is 88.2 cm³/mol. The van der Waals surface area contributed by atoms with Gasteiger partial charge in [-0.25, -0.2) is 0 Å². The van der Waals surface area contributed by atoms with Gasteiger partial charge in [-0.05, 0) is 50.4 Å². The molecule has 0 radical (unpaired) electrons. The molecule has 0 amide bonds. The predicted octanol–water partition coefficient (Wildman–Crippen LogP) is 4.18. The molecule has 21 heavy (non-hydrogen) atoms. The van der Waals surface area contributed by atoms with Gasteiger partial charge in [-0.3, -0.25) is 4.90 Å². The van der Waals surface area contributed by atoms with E-state index >= 15 is 0 Å². The molecule has 120 valence electrons. The summed E-state index contributed by atoms with van der Waals surface area (Å²) in [7, 11) is 0. The Bertz CT molecular complexity index is 399. The number of rotatable bonds is 8. The molecule has 0 saturated carbocycles. The Morgan fingerprint density at radius 2 is 1.90 bits per heavy atom. The van der Waals surface area contributed by atoms with Gasteiger partial charge in [-0.1, -0.05) is 33.6 Å². The maximum Gasteiger partial charge on any atom is 0.122 e. The van der Waals surface area contributed by atoms with Crippen molar-refractivity contribution in [2.45, 2.75) is 66.0 Å². The van der Waals surface area contributed by atoms with Gasteiger partial charge in [-0.15, -0.1) is 0 Å². The molecule has 2 rings (SSSR count). The lowest BCUT2D eigenvalue weighted by Gasteiger charge is -2.40. The van der Waals surface area contributed by atoms with E-state index in [9.17, 15) is 0 Å². The molecule has 1 N–H and O–H groups in total. The van der Waals surface area contributed by atoms with Crippen molar-refractivity contribution in [3.8, 4) is 0 Å². The zero-order valence-electron chi connectivity index (χ0n) is 14.1. The fourth-order valence-electron chi connectivity index (χ4n) is 3.41. The summed E-state index contributed by atoms with van der Waals surface area (Å²) >= 11 is 0. The second kappa shape index (κ2) is 8.00.